The highest BCUT2D eigenvalue weighted by Crippen LogP contribution is 2.19. The van der Waals surface area contributed by atoms with E-state index in [0.717, 1.165) is 31.0 Å². The van der Waals surface area contributed by atoms with E-state index in [1.165, 1.54) is 0 Å². The van der Waals surface area contributed by atoms with Crippen molar-refractivity contribution in [2.75, 3.05) is 31.7 Å². The number of hydrogen-bond acceptors (Lipinski definition) is 4. The summed E-state index contributed by atoms with van der Waals surface area (Å²) in [4.78, 5) is 14.3. The molecule has 0 aromatic heterocycles. The van der Waals surface area contributed by atoms with Gasteiger partial charge in [0.2, 0.25) is 5.91 Å². The lowest BCUT2D eigenvalue weighted by molar-refractivity contribution is -0.134. The first-order valence-electron chi connectivity index (χ1n) is 5.86. The van der Waals surface area contributed by atoms with Gasteiger partial charge in [-0.2, -0.15) is 11.8 Å². The van der Waals surface area contributed by atoms with Crippen LogP contribution in [0.15, 0.2) is 0 Å². The third kappa shape index (κ3) is 2.52. The summed E-state index contributed by atoms with van der Waals surface area (Å²) in [5.41, 5.74) is 0. The number of nitrogens with one attached hydrogen (secondary N) is 1. The van der Waals surface area contributed by atoms with Crippen LogP contribution in [0.25, 0.3) is 0 Å². The van der Waals surface area contributed by atoms with Gasteiger partial charge in [-0.1, -0.05) is 0 Å². The Morgan fingerprint density at radius 3 is 3.00 bits per heavy atom. The van der Waals surface area contributed by atoms with Crippen molar-refractivity contribution in [3.8, 4) is 0 Å². The monoisotopic (exact) mass is 244 g/mol. The number of carbonyl (C=O) groups is 1. The Labute approximate surface area is 101 Å². The Morgan fingerprint density at radius 2 is 2.38 bits per heavy atom. The van der Waals surface area contributed by atoms with E-state index in [-0.39, 0.29) is 18.1 Å². The van der Waals surface area contributed by atoms with Crippen LogP contribution in [0, 0.1) is 0 Å². The van der Waals surface area contributed by atoms with Gasteiger partial charge in [0, 0.05) is 37.7 Å². The predicted octanol–water partition coefficient (Wildman–Crippen LogP) is 0.327. The lowest BCUT2D eigenvalue weighted by Crippen LogP contribution is -2.51. The minimum absolute atomic E-state index is 0.0319. The van der Waals surface area contributed by atoms with Gasteiger partial charge in [-0.3, -0.25) is 4.79 Å². The lowest BCUT2D eigenvalue weighted by Gasteiger charge is -2.34. The summed E-state index contributed by atoms with van der Waals surface area (Å²) in [6, 6.07) is 0.338. The van der Waals surface area contributed by atoms with E-state index >= 15 is 0 Å². The van der Waals surface area contributed by atoms with E-state index in [1.54, 1.807) is 7.11 Å². The van der Waals surface area contributed by atoms with Crippen LogP contribution >= 0.6 is 11.8 Å². The maximum Gasteiger partial charge on any atom is 0.240 e. The summed E-state index contributed by atoms with van der Waals surface area (Å²) in [6.07, 6.45) is 1.01. The Kier molecular flexibility index (Phi) is 4.10. The van der Waals surface area contributed by atoms with Gasteiger partial charge in [0.25, 0.3) is 0 Å². The summed E-state index contributed by atoms with van der Waals surface area (Å²) in [7, 11) is 1.71. The Morgan fingerprint density at radius 1 is 1.56 bits per heavy atom. The summed E-state index contributed by atoms with van der Waals surface area (Å²) in [5, 5.41) is 3.25. The van der Waals surface area contributed by atoms with Crippen molar-refractivity contribution in [2.45, 2.75) is 31.5 Å². The van der Waals surface area contributed by atoms with E-state index in [1.807, 2.05) is 16.7 Å². The summed E-state index contributed by atoms with van der Waals surface area (Å²) in [6.45, 7) is 3.82. The van der Waals surface area contributed by atoms with E-state index in [2.05, 4.69) is 12.2 Å². The fourth-order valence-electron chi connectivity index (χ4n) is 2.33. The highest BCUT2D eigenvalue weighted by Gasteiger charge is 2.34. The third-order valence-corrected chi connectivity index (χ3v) is 4.56. The van der Waals surface area contributed by atoms with Crippen LogP contribution in [0.2, 0.25) is 0 Å². The van der Waals surface area contributed by atoms with Crippen molar-refractivity contribution in [3.05, 3.63) is 0 Å². The molecule has 0 bridgehead atoms. The van der Waals surface area contributed by atoms with Crippen molar-refractivity contribution in [1.29, 1.82) is 0 Å². The van der Waals surface area contributed by atoms with E-state index in [0.29, 0.717) is 6.04 Å². The molecule has 0 aromatic carbocycles. The van der Waals surface area contributed by atoms with Crippen LogP contribution in [0.5, 0.6) is 0 Å². The first kappa shape index (κ1) is 12.2. The molecular formula is C11H20N2O2S. The molecule has 2 saturated heterocycles. The zero-order valence-corrected chi connectivity index (χ0v) is 10.8. The third-order valence-electron chi connectivity index (χ3n) is 3.37. The molecule has 16 heavy (non-hydrogen) atoms. The number of thioether (sulfide) groups is 1. The van der Waals surface area contributed by atoms with Crippen molar-refractivity contribution in [1.82, 2.24) is 10.2 Å². The molecule has 0 spiro atoms. The Hall–Kier alpha value is -0.260. The highest BCUT2D eigenvalue weighted by atomic mass is 32.2. The normalized spacial score (nSPS) is 35.4. The number of hydrogen-bond donors (Lipinski definition) is 1. The molecule has 2 fully saturated rings. The molecule has 3 unspecified atom stereocenters. The standard InChI is InChI=1S/C11H20N2O2S/c1-8-7-16-4-3-13(8)11(14)10-5-9(15-2)6-12-10/h8-10,12H,3-7H2,1-2H3. The fourth-order valence-corrected chi connectivity index (χ4v) is 3.34. The number of methoxy groups -OCH3 is 1. The molecule has 0 aliphatic carbocycles. The van der Waals surface area contributed by atoms with Crippen molar-refractivity contribution < 1.29 is 9.53 Å². The largest absolute Gasteiger partial charge is 0.380 e. The van der Waals surface area contributed by atoms with Crippen molar-refractivity contribution >= 4 is 17.7 Å². The quantitative estimate of drug-likeness (QED) is 0.760. The maximum atomic E-state index is 12.3. The molecule has 0 radical (unpaired) electrons. The lowest BCUT2D eigenvalue weighted by atomic mass is 10.1. The number of nitrogens with zero attached hydrogens (tertiary/aromatic N) is 1. The fraction of sp³-hybridized carbons (Fsp3) is 0.909. The molecule has 1 amide bonds. The average molecular weight is 244 g/mol. The number of ether oxygens (including phenoxy) is 1. The van der Waals surface area contributed by atoms with Gasteiger partial charge in [0.1, 0.15) is 0 Å². The molecule has 2 rings (SSSR count). The molecule has 92 valence electrons. The van der Waals surface area contributed by atoms with Crippen LogP contribution in [0.3, 0.4) is 0 Å². The van der Waals surface area contributed by atoms with Crippen LogP contribution in [-0.4, -0.2) is 60.7 Å². The van der Waals surface area contributed by atoms with Crippen molar-refractivity contribution in [2.24, 2.45) is 0 Å². The second-order valence-corrected chi connectivity index (χ2v) is 5.66. The Bertz CT molecular complexity index is 262. The first-order chi connectivity index (χ1) is 7.72. The molecule has 4 nitrogen and oxygen atoms in total. The van der Waals surface area contributed by atoms with Crippen LogP contribution in [0.4, 0.5) is 0 Å². The van der Waals surface area contributed by atoms with E-state index in [9.17, 15) is 4.79 Å². The van der Waals surface area contributed by atoms with Gasteiger partial charge in [-0.25, -0.2) is 0 Å². The zero-order valence-electron chi connectivity index (χ0n) is 9.94. The second kappa shape index (κ2) is 5.38. The molecule has 3 atom stereocenters. The molecule has 5 heteroatoms. The molecule has 2 aliphatic heterocycles. The molecule has 0 aromatic rings. The zero-order chi connectivity index (χ0) is 11.5. The summed E-state index contributed by atoms with van der Waals surface area (Å²) < 4.78 is 5.27. The van der Waals surface area contributed by atoms with Crippen LogP contribution < -0.4 is 5.32 Å². The highest BCUT2D eigenvalue weighted by molar-refractivity contribution is 7.99. The molecule has 2 heterocycles. The molecule has 2 aliphatic rings. The minimum atomic E-state index is -0.0319. The van der Waals surface area contributed by atoms with Gasteiger partial charge >= 0.3 is 0 Å². The summed E-state index contributed by atoms with van der Waals surface area (Å²) >= 11 is 1.93. The van der Waals surface area contributed by atoms with Gasteiger partial charge in [-0.15, -0.1) is 0 Å². The molecular weight excluding hydrogens is 224 g/mol. The first-order valence-corrected chi connectivity index (χ1v) is 7.02. The van der Waals surface area contributed by atoms with E-state index < -0.39 is 0 Å². The van der Waals surface area contributed by atoms with Gasteiger partial charge in [0.15, 0.2) is 0 Å². The maximum absolute atomic E-state index is 12.3. The topological polar surface area (TPSA) is 41.6 Å². The SMILES string of the molecule is COC1CNC(C(=O)N2CCSCC2C)C1. The van der Waals surface area contributed by atoms with Gasteiger partial charge in [-0.05, 0) is 13.3 Å². The number of carbonyl (C=O) groups excluding carboxylic acids is 1. The summed E-state index contributed by atoms with van der Waals surface area (Å²) in [5.74, 6) is 2.38. The number of amides is 1. The Balaban J connectivity index is 1.91. The average Bonchev–Trinajstić information content (AvgIpc) is 2.77. The van der Waals surface area contributed by atoms with Crippen LogP contribution in [-0.2, 0) is 9.53 Å². The molecule has 0 saturated carbocycles. The number of rotatable bonds is 2. The second-order valence-electron chi connectivity index (χ2n) is 4.51. The predicted molar refractivity (Wildman–Crippen MR) is 65.7 cm³/mol. The van der Waals surface area contributed by atoms with Gasteiger partial charge in [0.05, 0.1) is 12.1 Å². The smallest absolute Gasteiger partial charge is 0.240 e. The minimum Gasteiger partial charge on any atom is -0.380 e. The van der Waals surface area contributed by atoms with Crippen molar-refractivity contribution in [3.63, 3.8) is 0 Å². The van der Waals surface area contributed by atoms with Gasteiger partial charge < -0.3 is 15.0 Å². The van der Waals surface area contributed by atoms with E-state index in [4.69, 9.17) is 4.74 Å². The van der Waals surface area contributed by atoms with Crippen LogP contribution in [0.1, 0.15) is 13.3 Å². The molecule has 1 N–H and O–H groups in total.